The molecule has 0 saturated carbocycles. The zero-order chi connectivity index (χ0) is 11.4. The molecule has 1 aromatic carbocycles. The molecule has 1 aliphatic rings. The Morgan fingerprint density at radius 2 is 2.19 bits per heavy atom. The smallest absolute Gasteiger partial charge is 0.0336 e. The average Bonchev–Trinajstić information content (AvgIpc) is 2.70. The second-order valence-electron chi connectivity index (χ2n) is 4.51. The number of fused-ring (bicyclic) bond motifs is 1. The summed E-state index contributed by atoms with van der Waals surface area (Å²) in [4.78, 5) is 1.48. The summed E-state index contributed by atoms with van der Waals surface area (Å²) in [5.41, 5.74) is 1.55. The van der Waals surface area contributed by atoms with Crippen LogP contribution >= 0.6 is 23.4 Å². The molecule has 0 bridgehead atoms. The number of benzene rings is 1. The molecule has 0 aromatic heterocycles. The maximum Gasteiger partial charge on any atom is 0.0336 e. The van der Waals surface area contributed by atoms with E-state index in [9.17, 15) is 0 Å². The Balaban J connectivity index is 1.88. The van der Waals surface area contributed by atoms with Crippen molar-refractivity contribution in [1.29, 1.82) is 0 Å². The van der Waals surface area contributed by atoms with E-state index in [1.54, 1.807) is 5.56 Å². The lowest BCUT2D eigenvalue weighted by Gasteiger charge is -2.13. The van der Waals surface area contributed by atoms with Gasteiger partial charge in [-0.2, -0.15) is 0 Å². The number of halogens is 1. The van der Waals surface area contributed by atoms with Gasteiger partial charge in [0.1, 0.15) is 0 Å². The van der Waals surface area contributed by atoms with Crippen molar-refractivity contribution in [2.45, 2.75) is 48.8 Å². The zero-order valence-corrected chi connectivity index (χ0v) is 11.4. The van der Waals surface area contributed by atoms with Crippen LogP contribution in [-0.4, -0.2) is 11.1 Å². The molecule has 0 fully saturated rings. The lowest BCUT2D eigenvalue weighted by molar-refractivity contribution is 0.591. The Labute approximate surface area is 108 Å². The van der Waals surface area contributed by atoms with Crippen molar-refractivity contribution < 1.29 is 0 Å². The maximum atomic E-state index is 6.28. The van der Waals surface area contributed by atoms with Gasteiger partial charge in [-0.3, -0.25) is 0 Å². The molecule has 88 valence electrons. The van der Waals surface area contributed by atoms with Gasteiger partial charge in [-0.1, -0.05) is 31.5 Å². The fraction of sp³-hybridized carbons (Fsp3) is 0.571. The molecule has 1 aliphatic heterocycles. The predicted octanol–water partition coefficient (Wildman–Crippen LogP) is 5.06. The lowest BCUT2D eigenvalue weighted by Crippen LogP contribution is -2.03. The van der Waals surface area contributed by atoms with Crippen LogP contribution in [0.3, 0.4) is 0 Å². The highest BCUT2D eigenvalue weighted by Crippen LogP contribution is 2.41. The summed E-state index contributed by atoms with van der Waals surface area (Å²) < 4.78 is 0. The third-order valence-electron chi connectivity index (χ3n) is 3.23. The highest BCUT2D eigenvalue weighted by molar-refractivity contribution is 7.99. The van der Waals surface area contributed by atoms with E-state index in [4.69, 9.17) is 11.6 Å². The second kappa shape index (κ2) is 5.97. The van der Waals surface area contributed by atoms with Crippen LogP contribution in [0.2, 0.25) is 0 Å². The molecular formula is C14H19ClS. The van der Waals surface area contributed by atoms with Gasteiger partial charge in [0.15, 0.2) is 0 Å². The molecule has 2 rings (SSSR count). The molecule has 2 heteroatoms. The number of hydrogen-bond acceptors (Lipinski definition) is 1. The summed E-state index contributed by atoms with van der Waals surface area (Å²) >= 11 is 8.28. The summed E-state index contributed by atoms with van der Waals surface area (Å²) in [5, 5.41) is 0.378. The maximum absolute atomic E-state index is 6.28. The number of rotatable bonds is 5. The van der Waals surface area contributed by atoms with E-state index in [1.807, 2.05) is 11.8 Å². The topological polar surface area (TPSA) is 0 Å². The molecule has 2 atom stereocenters. The van der Waals surface area contributed by atoms with Crippen molar-refractivity contribution in [2.75, 3.05) is 5.75 Å². The van der Waals surface area contributed by atoms with Crippen molar-refractivity contribution in [3.05, 3.63) is 29.8 Å². The van der Waals surface area contributed by atoms with Crippen LogP contribution in [0.15, 0.2) is 29.2 Å². The standard InChI is InChI=1S/C14H19ClS/c1-2-5-12(15)9-8-11-10-16-14-7-4-3-6-13(11)14/h3-4,6-7,11-12H,2,5,8-10H2,1H3. The van der Waals surface area contributed by atoms with Gasteiger partial charge in [-0.05, 0) is 36.8 Å². The molecular weight excluding hydrogens is 236 g/mol. The molecule has 2 unspecified atom stereocenters. The molecule has 0 N–H and O–H groups in total. The minimum atomic E-state index is 0.378. The Morgan fingerprint density at radius 3 is 3.00 bits per heavy atom. The Morgan fingerprint density at radius 1 is 1.38 bits per heavy atom. The first-order chi connectivity index (χ1) is 7.81. The van der Waals surface area contributed by atoms with Crippen LogP contribution in [0.25, 0.3) is 0 Å². The largest absolute Gasteiger partial charge is 0.125 e. The van der Waals surface area contributed by atoms with Gasteiger partial charge in [-0.15, -0.1) is 23.4 Å². The fourth-order valence-electron chi connectivity index (χ4n) is 2.31. The van der Waals surface area contributed by atoms with Gasteiger partial charge in [0.05, 0.1) is 0 Å². The van der Waals surface area contributed by atoms with E-state index in [-0.39, 0.29) is 0 Å². The van der Waals surface area contributed by atoms with E-state index in [0.717, 1.165) is 18.8 Å². The van der Waals surface area contributed by atoms with E-state index in [1.165, 1.54) is 23.5 Å². The minimum Gasteiger partial charge on any atom is -0.125 e. The van der Waals surface area contributed by atoms with Gasteiger partial charge < -0.3 is 0 Å². The Hall–Kier alpha value is -0.140. The van der Waals surface area contributed by atoms with Crippen LogP contribution in [-0.2, 0) is 0 Å². The zero-order valence-electron chi connectivity index (χ0n) is 9.79. The molecule has 1 heterocycles. The number of alkyl halides is 1. The Kier molecular flexibility index (Phi) is 4.60. The summed E-state index contributed by atoms with van der Waals surface area (Å²) in [7, 11) is 0. The third kappa shape index (κ3) is 2.95. The first-order valence-electron chi connectivity index (χ1n) is 6.17. The molecule has 0 radical (unpaired) electrons. The van der Waals surface area contributed by atoms with Gasteiger partial charge in [0, 0.05) is 16.0 Å². The van der Waals surface area contributed by atoms with Crippen molar-refractivity contribution in [3.8, 4) is 0 Å². The summed E-state index contributed by atoms with van der Waals surface area (Å²) in [5.74, 6) is 1.98. The average molecular weight is 255 g/mol. The Bertz CT molecular complexity index is 337. The molecule has 0 saturated heterocycles. The van der Waals surface area contributed by atoms with Crippen LogP contribution in [0.5, 0.6) is 0 Å². The molecule has 0 spiro atoms. The first-order valence-corrected chi connectivity index (χ1v) is 7.59. The van der Waals surface area contributed by atoms with E-state index in [0.29, 0.717) is 5.38 Å². The molecule has 0 aliphatic carbocycles. The highest BCUT2D eigenvalue weighted by atomic mass is 35.5. The molecule has 0 amide bonds. The summed E-state index contributed by atoms with van der Waals surface area (Å²) in [6, 6.07) is 8.81. The minimum absolute atomic E-state index is 0.378. The van der Waals surface area contributed by atoms with Gasteiger partial charge in [0.25, 0.3) is 0 Å². The lowest BCUT2D eigenvalue weighted by atomic mass is 9.95. The monoisotopic (exact) mass is 254 g/mol. The number of hydrogen-bond donors (Lipinski definition) is 0. The van der Waals surface area contributed by atoms with Crippen LogP contribution < -0.4 is 0 Å². The van der Waals surface area contributed by atoms with Gasteiger partial charge in [-0.25, -0.2) is 0 Å². The van der Waals surface area contributed by atoms with Crippen molar-refractivity contribution >= 4 is 23.4 Å². The quantitative estimate of drug-likeness (QED) is 0.662. The van der Waals surface area contributed by atoms with Crippen molar-refractivity contribution in [3.63, 3.8) is 0 Å². The van der Waals surface area contributed by atoms with Crippen LogP contribution in [0.4, 0.5) is 0 Å². The predicted molar refractivity (Wildman–Crippen MR) is 73.7 cm³/mol. The van der Waals surface area contributed by atoms with Crippen LogP contribution in [0, 0.1) is 0 Å². The fourth-order valence-corrected chi connectivity index (χ4v) is 3.96. The normalized spacial score (nSPS) is 20.8. The summed E-state index contributed by atoms with van der Waals surface area (Å²) in [6.45, 7) is 2.20. The summed E-state index contributed by atoms with van der Waals surface area (Å²) in [6.07, 6.45) is 4.76. The van der Waals surface area contributed by atoms with Gasteiger partial charge in [0.2, 0.25) is 0 Å². The van der Waals surface area contributed by atoms with E-state index < -0.39 is 0 Å². The van der Waals surface area contributed by atoms with Crippen molar-refractivity contribution in [2.24, 2.45) is 0 Å². The van der Waals surface area contributed by atoms with Crippen LogP contribution in [0.1, 0.15) is 44.1 Å². The van der Waals surface area contributed by atoms with E-state index in [2.05, 4.69) is 31.2 Å². The third-order valence-corrected chi connectivity index (χ3v) is 4.92. The van der Waals surface area contributed by atoms with E-state index >= 15 is 0 Å². The molecule has 16 heavy (non-hydrogen) atoms. The van der Waals surface area contributed by atoms with Gasteiger partial charge >= 0.3 is 0 Å². The molecule has 1 aromatic rings. The second-order valence-corrected chi connectivity index (χ2v) is 6.19. The number of thioether (sulfide) groups is 1. The molecule has 0 nitrogen and oxygen atoms in total. The first kappa shape index (κ1) is 12.3. The van der Waals surface area contributed by atoms with Crippen molar-refractivity contribution in [1.82, 2.24) is 0 Å². The highest BCUT2D eigenvalue weighted by Gasteiger charge is 2.22. The SMILES string of the molecule is CCCC(Cl)CCC1CSc2ccccc21.